The number of amides is 5. The molecule has 45 heavy (non-hydrogen) atoms. The number of hydrogen-bond acceptors (Lipinski definition) is 7. The van der Waals surface area contributed by atoms with Gasteiger partial charge >= 0.3 is 0 Å². The highest BCUT2D eigenvalue weighted by molar-refractivity contribution is 5.98. The van der Waals surface area contributed by atoms with E-state index in [1.807, 2.05) is 34.6 Å². The van der Waals surface area contributed by atoms with Crippen LogP contribution in [0, 0.1) is 17.8 Å². The molecule has 0 saturated carbocycles. The summed E-state index contributed by atoms with van der Waals surface area (Å²) in [7, 11) is 0. The molecule has 0 aliphatic rings. The molecule has 0 fully saturated rings. The van der Waals surface area contributed by atoms with Crippen LogP contribution >= 0.6 is 0 Å². The number of rotatable bonds is 21. The number of aromatic nitrogens is 1. The third kappa shape index (κ3) is 14.4. The third-order valence-corrected chi connectivity index (χ3v) is 7.79. The lowest BCUT2D eigenvalue weighted by Crippen LogP contribution is -2.54. The van der Waals surface area contributed by atoms with E-state index in [1.165, 1.54) is 12.4 Å². The van der Waals surface area contributed by atoms with Crippen LogP contribution in [0.1, 0.15) is 97.9 Å². The van der Waals surface area contributed by atoms with E-state index in [0.717, 1.165) is 0 Å². The molecule has 1 rings (SSSR count). The normalized spacial score (nSPS) is 14.5. The van der Waals surface area contributed by atoms with Crippen molar-refractivity contribution in [3.8, 4) is 0 Å². The summed E-state index contributed by atoms with van der Waals surface area (Å²) in [6.07, 6.45) is 6.01. The zero-order valence-electron chi connectivity index (χ0n) is 28.5. The summed E-state index contributed by atoms with van der Waals surface area (Å²) in [5.41, 5.74) is 0.408. The molecule has 0 saturated heterocycles. The van der Waals surface area contributed by atoms with Gasteiger partial charge in [-0.25, -0.2) is 0 Å². The molecule has 1 unspecified atom stereocenters. The number of hydrogen-bond donors (Lipinski definition) is 6. The van der Waals surface area contributed by atoms with Gasteiger partial charge in [0.1, 0.15) is 18.1 Å². The van der Waals surface area contributed by atoms with Gasteiger partial charge in [-0.2, -0.15) is 0 Å². The Bertz CT molecular complexity index is 1070. The minimum Gasteiger partial charge on any atom is -0.355 e. The highest BCUT2D eigenvalue weighted by Crippen LogP contribution is 2.14. The van der Waals surface area contributed by atoms with Gasteiger partial charge in [0.2, 0.25) is 23.6 Å². The van der Waals surface area contributed by atoms with Crippen molar-refractivity contribution >= 4 is 29.5 Å². The Morgan fingerprint density at radius 2 is 1.29 bits per heavy atom. The molecule has 5 amide bonds. The first kappa shape index (κ1) is 39.5. The Hall–Kier alpha value is -3.54. The van der Waals surface area contributed by atoms with Gasteiger partial charge in [-0.05, 0) is 69.5 Å². The van der Waals surface area contributed by atoms with Crippen LogP contribution in [0.5, 0.6) is 0 Å². The molecule has 6 N–H and O–H groups in total. The number of carbonyl (C=O) groups is 5. The van der Waals surface area contributed by atoms with Crippen molar-refractivity contribution in [2.75, 3.05) is 19.6 Å². The molecule has 1 aromatic rings. The highest BCUT2D eigenvalue weighted by atomic mass is 16.2. The van der Waals surface area contributed by atoms with E-state index < -0.39 is 30.1 Å². The number of carbonyl (C=O) groups excluding carboxylic acids is 5. The summed E-state index contributed by atoms with van der Waals surface area (Å²) in [6, 6.07) is 0.558. The molecule has 0 spiro atoms. The van der Waals surface area contributed by atoms with Crippen LogP contribution in [0.15, 0.2) is 24.5 Å². The van der Waals surface area contributed by atoms with Crippen molar-refractivity contribution in [3.05, 3.63) is 30.1 Å². The molecule has 0 aliphatic heterocycles. The van der Waals surface area contributed by atoms with Crippen molar-refractivity contribution in [1.82, 2.24) is 36.9 Å². The van der Waals surface area contributed by atoms with Crippen LogP contribution in [0.3, 0.4) is 0 Å². The lowest BCUT2D eigenvalue weighted by atomic mass is 9.92. The number of nitrogens with one attached hydrogen (secondary N) is 6. The molecule has 0 bridgehead atoms. The Morgan fingerprint density at radius 1 is 0.689 bits per heavy atom. The van der Waals surface area contributed by atoms with Crippen molar-refractivity contribution in [2.24, 2.45) is 17.8 Å². The number of nitrogens with zero attached hydrogens (tertiary/aromatic N) is 1. The Kier molecular flexibility index (Phi) is 18.6. The second-order valence-corrected chi connectivity index (χ2v) is 12.2. The molecule has 5 atom stereocenters. The van der Waals surface area contributed by atoms with E-state index in [0.29, 0.717) is 57.3 Å². The zero-order valence-corrected chi connectivity index (χ0v) is 28.5. The van der Waals surface area contributed by atoms with Gasteiger partial charge in [-0.3, -0.25) is 29.0 Å². The first-order valence-electron chi connectivity index (χ1n) is 16.5. The summed E-state index contributed by atoms with van der Waals surface area (Å²) in [5, 5.41) is 17.5. The first-order valence-corrected chi connectivity index (χ1v) is 16.5. The van der Waals surface area contributed by atoms with Crippen LogP contribution in [-0.2, 0) is 19.2 Å². The van der Waals surface area contributed by atoms with Gasteiger partial charge in [0.15, 0.2) is 0 Å². The fourth-order valence-electron chi connectivity index (χ4n) is 4.83. The molecule has 1 heterocycles. The quantitative estimate of drug-likeness (QED) is 0.121. The number of pyridine rings is 1. The van der Waals surface area contributed by atoms with Gasteiger partial charge in [0.05, 0.1) is 6.04 Å². The van der Waals surface area contributed by atoms with E-state index in [2.05, 4.69) is 50.7 Å². The predicted octanol–water partition coefficient (Wildman–Crippen LogP) is 2.30. The summed E-state index contributed by atoms with van der Waals surface area (Å²) in [6.45, 7) is 16.9. The molecule has 0 radical (unpaired) electrons. The van der Waals surface area contributed by atoms with E-state index >= 15 is 0 Å². The van der Waals surface area contributed by atoms with E-state index in [-0.39, 0.29) is 41.4 Å². The lowest BCUT2D eigenvalue weighted by molar-refractivity contribution is -0.130. The average molecular weight is 632 g/mol. The van der Waals surface area contributed by atoms with Crippen LogP contribution in [0.2, 0.25) is 0 Å². The van der Waals surface area contributed by atoms with Gasteiger partial charge < -0.3 is 31.9 Å². The van der Waals surface area contributed by atoms with E-state index in [9.17, 15) is 24.0 Å². The molecular formula is C33H57N7O5. The van der Waals surface area contributed by atoms with Crippen LogP contribution in [0.25, 0.3) is 0 Å². The SMILES string of the molecule is CCC[C@H](NC(=O)c1ccncc1)C(=O)N[C@@H](CCC)C(=O)NCC(CCN[C@@H](C)C(=O)N[C@H](C(=O)NCC)C(C)C)C(C)C. The van der Waals surface area contributed by atoms with Crippen LogP contribution < -0.4 is 31.9 Å². The summed E-state index contributed by atoms with van der Waals surface area (Å²) in [5.74, 6) is -1.14. The minimum absolute atomic E-state index is 0.0497. The topological polar surface area (TPSA) is 170 Å². The molecule has 12 heteroatoms. The Labute approximate surface area is 269 Å². The minimum atomic E-state index is -0.770. The summed E-state index contributed by atoms with van der Waals surface area (Å²) in [4.78, 5) is 68.1. The fourth-order valence-corrected chi connectivity index (χ4v) is 4.83. The van der Waals surface area contributed by atoms with Crippen molar-refractivity contribution in [1.29, 1.82) is 0 Å². The van der Waals surface area contributed by atoms with Gasteiger partial charge in [-0.1, -0.05) is 54.4 Å². The lowest BCUT2D eigenvalue weighted by Gasteiger charge is -2.26. The average Bonchev–Trinajstić information content (AvgIpc) is 3.00. The molecule has 254 valence electrons. The maximum absolute atomic E-state index is 13.2. The van der Waals surface area contributed by atoms with E-state index in [4.69, 9.17) is 0 Å². The van der Waals surface area contributed by atoms with Gasteiger partial charge in [0, 0.05) is 31.0 Å². The first-order chi connectivity index (χ1) is 21.4. The second-order valence-electron chi connectivity index (χ2n) is 12.2. The van der Waals surface area contributed by atoms with E-state index in [1.54, 1.807) is 19.1 Å². The van der Waals surface area contributed by atoms with Gasteiger partial charge in [-0.15, -0.1) is 0 Å². The maximum atomic E-state index is 13.2. The largest absolute Gasteiger partial charge is 0.355 e. The number of likely N-dealkylation sites (N-methyl/N-ethyl adjacent to an activating group) is 1. The molecule has 0 aliphatic carbocycles. The molecular weight excluding hydrogens is 574 g/mol. The van der Waals surface area contributed by atoms with Gasteiger partial charge in [0.25, 0.3) is 5.91 Å². The van der Waals surface area contributed by atoms with Crippen molar-refractivity contribution < 1.29 is 24.0 Å². The van der Waals surface area contributed by atoms with Crippen LogP contribution in [0.4, 0.5) is 0 Å². The Morgan fingerprint density at radius 3 is 1.82 bits per heavy atom. The maximum Gasteiger partial charge on any atom is 0.252 e. The monoisotopic (exact) mass is 631 g/mol. The fraction of sp³-hybridized carbons (Fsp3) is 0.697. The highest BCUT2D eigenvalue weighted by Gasteiger charge is 2.28. The third-order valence-electron chi connectivity index (χ3n) is 7.79. The van der Waals surface area contributed by atoms with Crippen LogP contribution in [-0.4, -0.2) is 78.3 Å². The zero-order chi connectivity index (χ0) is 33.9. The molecule has 1 aromatic heterocycles. The standard InChI is InChI=1S/C33H57N7O5/c1-9-12-26(39-32(44)27(13-10-2)38-30(42)24-14-17-34-18-15-24)31(43)37-20-25(21(4)5)16-19-36-23(8)29(41)40-28(22(6)7)33(45)35-11-3/h14-15,17-18,21-23,25-28,36H,9-13,16,19-20H2,1-8H3,(H,35,45)(H,37,43)(H,38,42)(H,39,44)(H,40,41)/t23-,25?,26-,27-,28-/m0/s1. The summed E-state index contributed by atoms with van der Waals surface area (Å²) < 4.78 is 0. The molecule has 12 nitrogen and oxygen atoms in total. The summed E-state index contributed by atoms with van der Waals surface area (Å²) >= 11 is 0. The second kappa shape index (κ2) is 21.2. The molecule has 0 aromatic carbocycles. The Balaban J connectivity index is 2.71. The smallest absolute Gasteiger partial charge is 0.252 e. The van der Waals surface area contributed by atoms with Crippen molar-refractivity contribution in [2.45, 2.75) is 112 Å². The van der Waals surface area contributed by atoms with Crippen molar-refractivity contribution in [3.63, 3.8) is 0 Å². The predicted molar refractivity (Wildman–Crippen MR) is 176 cm³/mol.